The first-order valence-electron chi connectivity index (χ1n) is 41.6. The van der Waals surface area contributed by atoms with Crippen molar-refractivity contribution in [3.8, 4) is 22.3 Å². The van der Waals surface area contributed by atoms with Crippen LogP contribution in [0.1, 0.15) is 84.0 Å². The van der Waals surface area contributed by atoms with Crippen molar-refractivity contribution in [2.45, 2.75) is 81.1 Å². The Labute approximate surface area is 693 Å². The van der Waals surface area contributed by atoms with Crippen molar-refractivity contribution in [2.75, 3.05) is 9.80 Å². The largest absolute Gasteiger partial charge is 0.454 e. The monoisotopic (exact) mass is 1550 g/mol. The Balaban J connectivity index is 0.788. The Morgan fingerprint density at radius 2 is 0.492 bits per heavy atom. The van der Waals surface area contributed by atoms with Crippen LogP contribution in [0.3, 0.4) is 0 Å². The smallest absolute Gasteiger partial charge is 0.179 e. The number of benzene rings is 18. The highest BCUT2D eigenvalue weighted by atomic mass is 28.3. The molecule has 20 rings (SSSR count). The maximum Gasteiger partial charge on any atom is 0.179 e. The third-order valence-corrected chi connectivity index (χ3v) is 34.9. The molecule has 4 nitrogen and oxygen atoms in total. The van der Waals surface area contributed by atoms with Crippen molar-refractivity contribution >= 4 is 168 Å². The lowest BCUT2D eigenvalue weighted by Crippen LogP contribution is -2.74. The van der Waals surface area contributed by atoms with Crippen molar-refractivity contribution in [1.82, 2.24) is 0 Å². The van der Waals surface area contributed by atoms with Gasteiger partial charge in [-0.15, -0.1) is 0 Å². The fraction of sp³-hybridized carbons (Fsp3) is 0.107. The standard InChI is InChI=1S/C112H92N2O2Si2/c1-71(2)101-69-105(113(103-27-17-25-97-93-23-11-13-29-107(93)115-111(97)103)83-21-15-19-81(67-83)79-43-59-91(60-44-79)117(85-47-31-73(5)32-48-85,86-49-33-74(6)34-50-86)87-51-35-75(7)36-52-87)99-66-64-96-102(72(3)4)70-106(100-65-63-95(101)109(99)110(96)100)114(104-28-18-26-98-94-24-12-14-30-108(94)116-112(98)104)84-22-16-20-82(68-84)80-45-61-92(62-46-80)118(88-53-37-76(8)38-54-88,89-55-39-77(9)40-56-89)90-57-41-78(10)42-58-90/h11-72H,1-10H3. The van der Waals surface area contributed by atoms with Crippen LogP contribution in [0.2, 0.25) is 0 Å². The number of rotatable bonds is 18. The Morgan fingerprint density at radius 3 is 0.797 bits per heavy atom. The van der Waals surface area contributed by atoms with Crippen LogP contribution in [0.15, 0.2) is 373 Å². The van der Waals surface area contributed by atoms with Crippen molar-refractivity contribution in [2.24, 2.45) is 0 Å². The molecule has 0 saturated heterocycles. The second kappa shape index (κ2) is 29.4. The zero-order valence-electron chi connectivity index (χ0n) is 68.5. The van der Waals surface area contributed by atoms with Crippen LogP contribution in [-0.2, 0) is 0 Å². The summed E-state index contributed by atoms with van der Waals surface area (Å²) in [6.07, 6.45) is 0. The van der Waals surface area contributed by atoms with Crippen LogP contribution in [-0.4, -0.2) is 16.1 Å². The minimum atomic E-state index is -2.87. The number of para-hydroxylation sites is 4. The lowest BCUT2D eigenvalue weighted by molar-refractivity contribution is 0.668. The predicted octanol–water partition coefficient (Wildman–Crippen LogP) is 25.5. The molecule has 20 aromatic rings. The third-order valence-electron chi connectivity index (χ3n) is 25.3. The number of fused-ring (bicyclic) bond motifs is 6. The first-order chi connectivity index (χ1) is 57.6. The Kier molecular flexibility index (Phi) is 18.3. The first-order valence-corrected chi connectivity index (χ1v) is 45.6. The number of hydrogen-bond acceptors (Lipinski definition) is 4. The van der Waals surface area contributed by atoms with E-state index in [1.807, 2.05) is 0 Å². The molecule has 0 atom stereocenters. The van der Waals surface area contributed by atoms with Gasteiger partial charge in [-0.25, -0.2) is 0 Å². The molecule has 0 aliphatic heterocycles. The number of furan rings is 2. The fourth-order valence-electron chi connectivity index (χ4n) is 19.3. The molecule has 570 valence electrons. The van der Waals surface area contributed by atoms with Gasteiger partial charge in [-0.1, -0.05) is 364 Å². The van der Waals surface area contributed by atoms with Gasteiger partial charge in [0.25, 0.3) is 0 Å². The molecule has 0 N–H and O–H groups in total. The first kappa shape index (κ1) is 73.5. The van der Waals surface area contributed by atoms with Crippen LogP contribution in [0.4, 0.5) is 34.1 Å². The number of anilines is 6. The number of aryl methyl sites for hydroxylation is 6. The molecule has 0 aliphatic carbocycles. The molecule has 0 unspecified atom stereocenters. The third kappa shape index (κ3) is 12.2. The summed E-state index contributed by atoms with van der Waals surface area (Å²) in [5.41, 5.74) is 24.0. The highest BCUT2D eigenvalue weighted by Crippen LogP contribution is 2.54. The van der Waals surface area contributed by atoms with Gasteiger partial charge in [0.15, 0.2) is 27.3 Å². The average molecular weight is 1550 g/mol. The summed E-state index contributed by atoms with van der Waals surface area (Å²) in [6, 6.07) is 139. The summed E-state index contributed by atoms with van der Waals surface area (Å²) >= 11 is 0. The normalized spacial score (nSPS) is 12.1. The Hall–Kier alpha value is -13.4. The van der Waals surface area contributed by atoms with Gasteiger partial charge < -0.3 is 18.6 Å². The van der Waals surface area contributed by atoms with Gasteiger partial charge in [-0.3, -0.25) is 0 Å². The molecule has 118 heavy (non-hydrogen) atoms. The van der Waals surface area contributed by atoms with Crippen LogP contribution in [0.5, 0.6) is 0 Å². The van der Waals surface area contributed by atoms with E-state index in [1.54, 1.807) is 0 Å². The Morgan fingerprint density at radius 1 is 0.220 bits per heavy atom. The zero-order valence-corrected chi connectivity index (χ0v) is 70.5. The SMILES string of the molecule is Cc1ccc([Si](c2ccc(C)cc2)(c2ccc(C)cc2)c2ccc(-c3cccc(N(c4cc(C(C)C)c5ccc6c(N(c7cccc(-c8ccc([Si](c9ccc(C)cc9)(c9ccc(C)cc9)c9ccc(C)cc9)cc8)c7)c7cccc8c7oc7ccccc78)cc(C(C)C)c7ccc4c5c76)c4cccc5c4oc4ccccc45)c3)cc2)cc1. The maximum absolute atomic E-state index is 7.18. The number of hydrogen-bond donors (Lipinski definition) is 0. The average Bonchev–Trinajstić information content (AvgIpc) is 0.791. The molecular weight excluding hydrogens is 1460 g/mol. The second-order valence-corrected chi connectivity index (χ2v) is 41.1. The molecule has 0 amide bonds. The maximum atomic E-state index is 7.18. The summed E-state index contributed by atoms with van der Waals surface area (Å²) in [6.45, 7) is 22.6. The van der Waals surface area contributed by atoms with E-state index >= 15 is 0 Å². The highest BCUT2D eigenvalue weighted by Gasteiger charge is 2.44. The van der Waals surface area contributed by atoms with E-state index in [9.17, 15) is 0 Å². The van der Waals surface area contributed by atoms with Gasteiger partial charge in [0.2, 0.25) is 0 Å². The van der Waals surface area contributed by atoms with Crippen molar-refractivity contribution in [1.29, 1.82) is 0 Å². The van der Waals surface area contributed by atoms with E-state index in [4.69, 9.17) is 8.83 Å². The van der Waals surface area contributed by atoms with E-state index in [-0.39, 0.29) is 11.8 Å². The quantitative estimate of drug-likeness (QED) is 0.0487. The van der Waals surface area contributed by atoms with Gasteiger partial charge >= 0.3 is 0 Å². The molecule has 2 aromatic heterocycles. The lowest BCUT2D eigenvalue weighted by Gasteiger charge is -2.35. The van der Waals surface area contributed by atoms with Crippen LogP contribution in [0.25, 0.3) is 98.4 Å². The molecular formula is C112H92N2O2Si2. The molecule has 6 heteroatoms. The molecule has 0 aliphatic rings. The van der Waals surface area contributed by atoms with Crippen molar-refractivity contribution < 1.29 is 8.83 Å². The van der Waals surface area contributed by atoms with E-state index < -0.39 is 16.1 Å². The summed E-state index contributed by atoms with van der Waals surface area (Å²) < 4.78 is 14.4. The molecule has 0 fully saturated rings. The minimum absolute atomic E-state index is 0.141. The van der Waals surface area contributed by atoms with Crippen LogP contribution in [0, 0.1) is 41.5 Å². The van der Waals surface area contributed by atoms with Gasteiger partial charge in [-0.2, -0.15) is 0 Å². The van der Waals surface area contributed by atoms with E-state index in [0.717, 1.165) is 111 Å². The van der Waals surface area contributed by atoms with Crippen LogP contribution < -0.4 is 51.3 Å². The van der Waals surface area contributed by atoms with Gasteiger partial charge in [0, 0.05) is 43.7 Å². The van der Waals surface area contributed by atoms with E-state index in [1.165, 1.54) is 108 Å². The second-order valence-electron chi connectivity index (χ2n) is 33.5. The summed E-state index contributed by atoms with van der Waals surface area (Å²) in [4.78, 5) is 5.02. The topological polar surface area (TPSA) is 32.8 Å². The van der Waals surface area contributed by atoms with Gasteiger partial charge in [-0.05, 0) is 210 Å². The summed E-state index contributed by atoms with van der Waals surface area (Å²) in [7, 11) is -5.74. The molecule has 0 bridgehead atoms. The fourth-order valence-corrected chi connectivity index (χ4v) is 28.6. The van der Waals surface area contributed by atoms with Gasteiger partial charge in [0.05, 0.1) is 22.7 Å². The van der Waals surface area contributed by atoms with E-state index in [2.05, 4.69) is 443 Å². The van der Waals surface area contributed by atoms with Crippen LogP contribution >= 0.6 is 0 Å². The van der Waals surface area contributed by atoms with Gasteiger partial charge in [0.1, 0.15) is 11.2 Å². The predicted molar refractivity (Wildman–Crippen MR) is 509 cm³/mol. The zero-order chi connectivity index (χ0) is 80.2. The van der Waals surface area contributed by atoms with Crippen molar-refractivity contribution in [3.05, 3.63) is 408 Å². The molecule has 18 aromatic carbocycles. The minimum Gasteiger partial charge on any atom is -0.454 e. The molecule has 0 spiro atoms. The molecule has 0 radical (unpaired) electrons. The summed E-state index contributed by atoms with van der Waals surface area (Å²) in [5.74, 6) is 0.282. The lowest BCUT2D eigenvalue weighted by atomic mass is 9.84. The molecule has 0 saturated carbocycles. The van der Waals surface area contributed by atoms with E-state index in [0.29, 0.717) is 0 Å². The van der Waals surface area contributed by atoms with Crippen molar-refractivity contribution in [3.63, 3.8) is 0 Å². The Bertz CT molecular complexity index is 6540. The summed E-state index contributed by atoms with van der Waals surface area (Å²) in [5, 5.41) is 22.4. The highest BCUT2D eigenvalue weighted by molar-refractivity contribution is 7.20. The molecule has 2 heterocycles. The number of nitrogens with zero attached hydrogens (tertiary/aromatic N) is 2.